The van der Waals surface area contributed by atoms with Crippen LogP contribution in [0.5, 0.6) is 0 Å². The van der Waals surface area contributed by atoms with Gasteiger partial charge < -0.3 is 9.80 Å². The molecule has 3 aliphatic rings. The quantitative estimate of drug-likeness (QED) is 0.815. The summed E-state index contributed by atoms with van der Waals surface area (Å²) in [6, 6.07) is 4.26. The molecule has 6 heteroatoms. The van der Waals surface area contributed by atoms with E-state index < -0.39 is 0 Å². The Kier molecular flexibility index (Phi) is 4.38. The maximum absolute atomic E-state index is 13.2. The number of hydrogen-bond donors (Lipinski definition) is 0. The summed E-state index contributed by atoms with van der Waals surface area (Å²) < 4.78 is 0. The lowest BCUT2D eigenvalue weighted by molar-refractivity contribution is -0.136. The monoisotopic (exact) mass is 382 g/mol. The molecule has 2 aliphatic heterocycles. The summed E-state index contributed by atoms with van der Waals surface area (Å²) in [5.41, 5.74) is 2.38. The van der Waals surface area contributed by atoms with E-state index in [0.717, 1.165) is 62.8 Å². The van der Waals surface area contributed by atoms with Gasteiger partial charge in [-0.2, -0.15) is 0 Å². The summed E-state index contributed by atoms with van der Waals surface area (Å²) in [5.74, 6) is 2.97. The Morgan fingerprint density at radius 1 is 1.22 bits per heavy atom. The standard InChI is InChI=1S/C21H26N4OS/c1-14-11-19(23-20(22-14)15-4-5-15)24-8-2-3-17(13-24)21(26)25-9-6-18-16(12-25)7-10-27-18/h7,10-11,15,17H,2-6,8-9,12-13H2,1H3. The highest BCUT2D eigenvalue weighted by Gasteiger charge is 2.33. The van der Waals surface area contributed by atoms with Crippen LogP contribution in [0.3, 0.4) is 0 Å². The zero-order chi connectivity index (χ0) is 18.4. The Balaban J connectivity index is 1.30. The summed E-state index contributed by atoms with van der Waals surface area (Å²) in [6.45, 7) is 5.47. The molecule has 1 aliphatic carbocycles. The fourth-order valence-electron chi connectivity index (χ4n) is 4.34. The van der Waals surface area contributed by atoms with Crippen LogP contribution in [0.2, 0.25) is 0 Å². The molecule has 0 aromatic carbocycles. The number of thiophene rings is 1. The van der Waals surface area contributed by atoms with Gasteiger partial charge in [-0.15, -0.1) is 11.3 Å². The molecule has 1 saturated heterocycles. The maximum Gasteiger partial charge on any atom is 0.227 e. The molecule has 0 bridgehead atoms. The van der Waals surface area contributed by atoms with Gasteiger partial charge in [-0.05, 0) is 56.0 Å². The summed E-state index contributed by atoms with van der Waals surface area (Å²) in [5, 5.41) is 2.15. The van der Waals surface area contributed by atoms with Crippen molar-refractivity contribution in [3.8, 4) is 0 Å². The number of rotatable bonds is 3. The van der Waals surface area contributed by atoms with Crippen molar-refractivity contribution in [1.29, 1.82) is 0 Å². The Bertz CT molecular complexity index is 860. The number of aryl methyl sites for hydroxylation is 1. The summed E-state index contributed by atoms with van der Waals surface area (Å²) in [4.78, 5) is 28.5. The second kappa shape index (κ2) is 6.89. The fraction of sp³-hybridized carbons (Fsp3) is 0.571. The first-order valence-corrected chi connectivity index (χ1v) is 11.0. The van der Waals surface area contributed by atoms with Gasteiger partial charge in [-0.1, -0.05) is 0 Å². The fourth-order valence-corrected chi connectivity index (χ4v) is 5.23. The zero-order valence-corrected chi connectivity index (χ0v) is 16.7. The lowest BCUT2D eigenvalue weighted by Crippen LogP contribution is -2.46. The molecule has 0 N–H and O–H groups in total. The van der Waals surface area contributed by atoms with Crippen LogP contribution < -0.4 is 4.90 Å². The summed E-state index contributed by atoms with van der Waals surface area (Å²) >= 11 is 1.82. The average molecular weight is 383 g/mol. The van der Waals surface area contributed by atoms with E-state index in [4.69, 9.17) is 4.98 Å². The predicted octanol–water partition coefficient (Wildman–Crippen LogP) is 3.53. The van der Waals surface area contributed by atoms with Gasteiger partial charge in [-0.25, -0.2) is 9.97 Å². The first-order valence-electron chi connectivity index (χ1n) is 10.1. The van der Waals surface area contributed by atoms with E-state index in [2.05, 4.69) is 39.2 Å². The molecule has 142 valence electrons. The number of carbonyl (C=O) groups is 1. The number of nitrogens with zero attached hydrogens (tertiary/aromatic N) is 4. The van der Waals surface area contributed by atoms with Gasteiger partial charge in [0.15, 0.2) is 0 Å². The number of fused-ring (bicyclic) bond motifs is 1. The third-order valence-electron chi connectivity index (χ3n) is 6.01. The highest BCUT2D eigenvalue weighted by Crippen LogP contribution is 2.39. The molecule has 5 nitrogen and oxygen atoms in total. The van der Waals surface area contributed by atoms with E-state index in [0.29, 0.717) is 11.8 Å². The normalized spacial score (nSPS) is 22.6. The van der Waals surface area contributed by atoms with Crippen molar-refractivity contribution in [1.82, 2.24) is 14.9 Å². The molecule has 2 fully saturated rings. The van der Waals surface area contributed by atoms with Crippen LogP contribution in [0.4, 0.5) is 5.82 Å². The molecule has 2 aromatic rings. The van der Waals surface area contributed by atoms with Crippen molar-refractivity contribution in [2.75, 3.05) is 24.5 Å². The van der Waals surface area contributed by atoms with E-state index in [-0.39, 0.29) is 5.92 Å². The Morgan fingerprint density at radius 2 is 2.11 bits per heavy atom. The minimum Gasteiger partial charge on any atom is -0.356 e. The predicted molar refractivity (Wildman–Crippen MR) is 107 cm³/mol. The highest BCUT2D eigenvalue weighted by molar-refractivity contribution is 7.10. The van der Waals surface area contributed by atoms with Gasteiger partial charge in [0.1, 0.15) is 11.6 Å². The molecule has 0 spiro atoms. The van der Waals surface area contributed by atoms with E-state index in [1.807, 2.05) is 11.3 Å². The van der Waals surface area contributed by atoms with Crippen LogP contribution in [0.15, 0.2) is 17.5 Å². The molecule has 27 heavy (non-hydrogen) atoms. The number of anilines is 1. The molecule has 1 amide bonds. The van der Waals surface area contributed by atoms with Crippen molar-refractivity contribution in [3.63, 3.8) is 0 Å². The number of piperidine rings is 1. The number of amides is 1. The maximum atomic E-state index is 13.2. The Hall–Kier alpha value is -1.95. The van der Waals surface area contributed by atoms with Gasteiger partial charge in [0, 0.05) is 48.7 Å². The lowest BCUT2D eigenvalue weighted by Gasteiger charge is -2.37. The van der Waals surface area contributed by atoms with Crippen LogP contribution in [-0.4, -0.2) is 40.4 Å². The minimum absolute atomic E-state index is 0.0820. The smallest absolute Gasteiger partial charge is 0.227 e. The van der Waals surface area contributed by atoms with E-state index in [1.165, 1.54) is 23.3 Å². The lowest BCUT2D eigenvalue weighted by atomic mass is 9.95. The molecular formula is C21H26N4OS. The van der Waals surface area contributed by atoms with Crippen molar-refractivity contribution >= 4 is 23.1 Å². The molecule has 0 radical (unpaired) electrons. The topological polar surface area (TPSA) is 49.3 Å². The third kappa shape index (κ3) is 3.47. The van der Waals surface area contributed by atoms with Gasteiger partial charge in [-0.3, -0.25) is 4.79 Å². The van der Waals surface area contributed by atoms with E-state index in [9.17, 15) is 4.79 Å². The van der Waals surface area contributed by atoms with Gasteiger partial charge in [0.05, 0.1) is 5.92 Å². The molecule has 2 aromatic heterocycles. The van der Waals surface area contributed by atoms with Crippen molar-refractivity contribution < 1.29 is 4.79 Å². The zero-order valence-electron chi connectivity index (χ0n) is 15.9. The number of hydrogen-bond acceptors (Lipinski definition) is 5. The van der Waals surface area contributed by atoms with Gasteiger partial charge in [0.25, 0.3) is 0 Å². The second-order valence-corrected chi connectivity index (χ2v) is 9.16. The van der Waals surface area contributed by atoms with Crippen molar-refractivity contribution in [3.05, 3.63) is 39.5 Å². The molecule has 4 heterocycles. The number of aromatic nitrogens is 2. The van der Waals surface area contributed by atoms with Crippen LogP contribution in [0, 0.1) is 12.8 Å². The molecule has 1 unspecified atom stereocenters. The van der Waals surface area contributed by atoms with E-state index >= 15 is 0 Å². The van der Waals surface area contributed by atoms with Crippen molar-refractivity contribution in [2.24, 2.45) is 5.92 Å². The number of carbonyl (C=O) groups excluding carboxylic acids is 1. The van der Waals surface area contributed by atoms with Crippen LogP contribution >= 0.6 is 11.3 Å². The van der Waals surface area contributed by atoms with Gasteiger partial charge >= 0.3 is 0 Å². The molecular weight excluding hydrogens is 356 g/mol. The van der Waals surface area contributed by atoms with E-state index in [1.54, 1.807) is 0 Å². The largest absolute Gasteiger partial charge is 0.356 e. The third-order valence-corrected chi connectivity index (χ3v) is 7.04. The van der Waals surface area contributed by atoms with Crippen LogP contribution in [0.25, 0.3) is 0 Å². The minimum atomic E-state index is 0.0820. The van der Waals surface area contributed by atoms with Crippen molar-refractivity contribution in [2.45, 2.75) is 51.5 Å². The summed E-state index contributed by atoms with van der Waals surface area (Å²) in [7, 11) is 0. The van der Waals surface area contributed by atoms with Crippen LogP contribution in [-0.2, 0) is 17.8 Å². The summed E-state index contributed by atoms with van der Waals surface area (Å²) in [6.07, 6.45) is 5.47. The van der Waals surface area contributed by atoms with Gasteiger partial charge in [0.2, 0.25) is 5.91 Å². The second-order valence-electron chi connectivity index (χ2n) is 8.16. The molecule has 1 atom stereocenters. The molecule has 5 rings (SSSR count). The molecule has 1 saturated carbocycles. The Labute approximate surface area is 164 Å². The first kappa shape index (κ1) is 17.2. The Morgan fingerprint density at radius 3 is 2.96 bits per heavy atom. The SMILES string of the molecule is Cc1cc(N2CCCC(C(=O)N3CCc4sccc4C3)C2)nc(C2CC2)n1. The van der Waals surface area contributed by atoms with Crippen LogP contribution in [0.1, 0.15) is 53.6 Å². The highest BCUT2D eigenvalue weighted by atomic mass is 32.1. The first-order chi connectivity index (χ1) is 13.2. The average Bonchev–Trinajstić information content (AvgIpc) is 3.44.